The Bertz CT molecular complexity index is 462. The number of piperidine rings is 1. The van der Waals surface area contributed by atoms with Gasteiger partial charge in [-0.05, 0) is 50.9 Å². The number of ether oxygens (including phenoxy) is 2. The highest BCUT2D eigenvalue weighted by molar-refractivity contribution is 5.46. The van der Waals surface area contributed by atoms with Crippen molar-refractivity contribution >= 4 is 0 Å². The SMILES string of the molecule is COc1ccc(C#N)cc1OC(C)C1CCNCC1. The molecule has 1 fully saturated rings. The lowest BCUT2D eigenvalue weighted by molar-refractivity contribution is 0.124. The third-order valence-electron chi connectivity index (χ3n) is 3.65. The molecule has 4 heteroatoms. The predicted molar refractivity (Wildman–Crippen MR) is 73.4 cm³/mol. The van der Waals surface area contributed by atoms with E-state index in [9.17, 15) is 0 Å². The molecule has 0 spiro atoms. The van der Waals surface area contributed by atoms with Crippen LogP contribution in [0.2, 0.25) is 0 Å². The molecule has 1 aliphatic rings. The highest BCUT2D eigenvalue weighted by atomic mass is 16.5. The monoisotopic (exact) mass is 260 g/mol. The van der Waals surface area contributed by atoms with Crippen LogP contribution in [-0.2, 0) is 0 Å². The van der Waals surface area contributed by atoms with E-state index in [1.54, 1.807) is 25.3 Å². The number of nitrogens with one attached hydrogen (secondary N) is 1. The van der Waals surface area contributed by atoms with Crippen molar-refractivity contribution in [3.63, 3.8) is 0 Å². The quantitative estimate of drug-likeness (QED) is 0.902. The van der Waals surface area contributed by atoms with Gasteiger partial charge in [0.25, 0.3) is 0 Å². The number of rotatable bonds is 4. The van der Waals surface area contributed by atoms with Crippen LogP contribution in [0.5, 0.6) is 11.5 Å². The van der Waals surface area contributed by atoms with Crippen molar-refractivity contribution in [1.82, 2.24) is 5.32 Å². The highest BCUT2D eigenvalue weighted by Crippen LogP contribution is 2.31. The molecule has 0 bridgehead atoms. The van der Waals surface area contributed by atoms with Crippen LogP contribution in [0.15, 0.2) is 18.2 Å². The Hall–Kier alpha value is -1.73. The lowest BCUT2D eigenvalue weighted by Crippen LogP contribution is -2.35. The molecule has 102 valence electrons. The van der Waals surface area contributed by atoms with Gasteiger partial charge < -0.3 is 14.8 Å². The zero-order chi connectivity index (χ0) is 13.7. The van der Waals surface area contributed by atoms with Gasteiger partial charge in [-0.1, -0.05) is 0 Å². The summed E-state index contributed by atoms with van der Waals surface area (Å²) in [6.45, 7) is 4.19. The summed E-state index contributed by atoms with van der Waals surface area (Å²) in [5, 5.41) is 12.3. The molecule has 0 aromatic heterocycles. The number of nitrogens with zero attached hydrogens (tertiary/aromatic N) is 1. The largest absolute Gasteiger partial charge is 0.493 e. The summed E-state index contributed by atoms with van der Waals surface area (Å²) in [6, 6.07) is 7.39. The molecular formula is C15H20N2O2. The van der Waals surface area contributed by atoms with Crippen molar-refractivity contribution in [3.8, 4) is 17.6 Å². The lowest BCUT2D eigenvalue weighted by Gasteiger charge is -2.29. The third kappa shape index (κ3) is 3.39. The lowest BCUT2D eigenvalue weighted by atomic mass is 9.93. The van der Waals surface area contributed by atoms with E-state index < -0.39 is 0 Å². The van der Waals surface area contributed by atoms with E-state index >= 15 is 0 Å². The first-order valence-electron chi connectivity index (χ1n) is 6.70. The topological polar surface area (TPSA) is 54.3 Å². The second kappa shape index (κ2) is 6.44. The maximum absolute atomic E-state index is 8.95. The highest BCUT2D eigenvalue weighted by Gasteiger charge is 2.22. The molecule has 4 nitrogen and oxygen atoms in total. The smallest absolute Gasteiger partial charge is 0.162 e. The van der Waals surface area contributed by atoms with E-state index in [1.807, 2.05) is 0 Å². The summed E-state index contributed by atoms with van der Waals surface area (Å²) in [6.07, 6.45) is 2.38. The molecule has 1 unspecified atom stereocenters. The number of benzene rings is 1. The fourth-order valence-electron chi connectivity index (χ4n) is 2.45. The average Bonchev–Trinajstić information content (AvgIpc) is 2.48. The zero-order valence-electron chi connectivity index (χ0n) is 11.5. The second-order valence-electron chi connectivity index (χ2n) is 4.89. The first kappa shape index (κ1) is 13.7. The van der Waals surface area contributed by atoms with Gasteiger partial charge >= 0.3 is 0 Å². The van der Waals surface area contributed by atoms with Gasteiger partial charge in [0.15, 0.2) is 11.5 Å². The second-order valence-corrected chi connectivity index (χ2v) is 4.89. The number of methoxy groups -OCH3 is 1. The Morgan fingerprint density at radius 1 is 1.32 bits per heavy atom. The zero-order valence-corrected chi connectivity index (χ0v) is 11.5. The Balaban J connectivity index is 2.10. The van der Waals surface area contributed by atoms with Crippen LogP contribution in [0.3, 0.4) is 0 Å². The van der Waals surface area contributed by atoms with Gasteiger partial charge in [0, 0.05) is 6.07 Å². The fraction of sp³-hybridized carbons (Fsp3) is 0.533. The van der Waals surface area contributed by atoms with Crippen LogP contribution in [0, 0.1) is 17.2 Å². The fourth-order valence-corrected chi connectivity index (χ4v) is 2.45. The summed E-state index contributed by atoms with van der Waals surface area (Å²) < 4.78 is 11.3. The van der Waals surface area contributed by atoms with Crippen LogP contribution in [0.25, 0.3) is 0 Å². The minimum Gasteiger partial charge on any atom is -0.493 e. The first-order chi connectivity index (χ1) is 9.24. The number of nitriles is 1. The molecule has 1 saturated heterocycles. The summed E-state index contributed by atoms with van der Waals surface area (Å²) in [5.74, 6) is 1.89. The third-order valence-corrected chi connectivity index (χ3v) is 3.65. The standard InChI is InChI=1S/C15H20N2O2/c1-11(13-5-7-17-8-6-13)19-15-9-12(10-16)3-4-14(15)18-2/h3-4,9,11,13,17H,5-8H2,1-2H3. The number of hydrogen-bond acceptors (Lipinski definition) is 4. The van der Waals surface area contributed by atoms with E-state index in [-0.39, 0.29) is 6.10 Å². The molecule has 1 atom stereocenters. The molecule has 1 heterocycles. The maximum Gasteiger partial charge on any atom is 0.162 e. The van der Waals surface area contributed by atoms with Gasteiger partial charge in [0.05, 0.1) is 24.8 Å². The van der Waals surface area contributed by atoms with Crippen molar-refractivity contribution in [2.24, 2.45) is 5.92 Å². The molecule has 0 amide bonds. The van der Waals surface area contributed by atoms with E-state index in [0.717, 1.165) is 25.9 Å². The molecule has 2 rings (SSSR count). The van der Waals surface area contributed by atoms with Crippen molar-refractivity contribution in [3.05, 3.63) is 23.8 Å². The minimum atomic E-state index is 0.130. The van der Waals surface area contributed by atoms with E-state index in [1.165, 1.54) is 0 Å². The molecule has 0 saturated carbocycles. The van der Waals surface area contributed by atoms with E-state index in [2.05, 4.69) is 18.3 Å². The van der Waals surface area contributed by atoms with Crippen molar-refractivity contribution in [2.75, 3.05) is 20.2 Å². The average molecular weight is 260 g/mol. The first-order valence-corrected chi connectivity index (χ1v) is 6.70. The number of hydrogen-bond donors (Lipinski definition) is 1. The van der Waals surface area contributed by atoms with Gasteiger partial charge in [0.1, 0.15) is 0 Å². The summed E-state index contributed by atoms with van der Waals surface area (Å²) in [4.78, 5) is 0. The van der Waals surface area contributed by atoms with Crippen molar-refractivity contribution < 1.29 is 9.47 Å². The van der Waals surface area contributed by atoms with Crippen LogP contribution in [-0.4, -0.2) is 26.3 Å². The van der Waals surface area contributed by atoms with Crippen molar-refractivity contribution in [2.45, 2.75) is 25.9 Å². The van der Waals surface area contributed by atoms with Crippen LogP contribution < -0.4 is 14.8 Å². The van der Waals surface area contributed by atoms with E-state index in [0.29, 0.717) is 23.0 Å². The molecule has 0 radical (unpaired) electrons. The van der Waals surface area contributed by atoms with Crippen LogP contribution in [0.4, 0.5) is 0 Å². The molecule has 1 aromatic carbocycles. The molecule has 1 aliphatic heterocycles. The molecule has 1 aromatic rings. The van der Waals surface area contributed by atoms with Crippen LogP contribution in [0.1, 0.15) is 25.3 Å². The Kier molecular flexibility index (Phi) is 4.64. The molecule has 1 N–H and O–H groups in total. The maximum atomic E-state index is 8.95. The van der Waals surface area contributed by atoms with Crippen LogP contribution >= 0.6 is 0 Å². The van der Waals surface area contributed by atoms with Gasteiger partial charge in [-0.2, -0.15) is 5.26 Å². The Morgan fingerprint density at radius 3 is 2.68 bits per heavy atom. The van der Waals surface area contributed by atoms with Gasteiger partial charge in [0.2, 0.25) is 0 Å². The van der Waals surface area contributed by atoms with E-state index in [4.69, 9.17) is 14.7 Å². The predicted octanol–water partition coefficient (Wildman–Crippen LogP) is 2.33. The van der Waals surface area contributed by atoms with Gasteiger partial charge in [-0.3, -0.25) is 0 Å². The summed E-state index contributed by atoms with van der Waals surface area (Å²) in [5.41, 5.74) is 0.591. The summed E-state index contributed by atoms with van der Waals surface area (Å²) >= 11 is 0. The Morgan fingerprint density at radius 2 is 2.05 bits per heavy atom. The van der Waals surface area contributed by atoms with Gasteiger partial charge in [-0.25, -0.2) is 0 Å². The normalized spacial score (nSPS) is 17.5. The molecular weight excluding hydrogens is 240 g/mol. The minimum absolute atomic E-state index is 0.130. The summed E-state index contributed by atoms with van der Waals surface area (Å²) in [7, 11) is 1.61. The molecule has 19 heavy (non-hydrogen) atoms. The van der Waals surface area contributed by atoms with Crippen molar-refractivity contribution in [1.29, 1.82) is 5.26 Å². The van der Waals surface area contributed by atoms with Gasteiger partial charge in [-0.15, -0.1) is 0 Å². The molecule has 0 aliphatic carbocycles. The Labute approximate surface area is 114 Å².